The van der Waals surface area contributed by atoms with Gasteiger partial charge >= 0.3 is 0 Å². The normalized spacial score (nSPS) is 14.6. The predicted octanol–water partition coefficient (Wildman–Crippen LogP) is 5.24. The molecule has 1 saturated carbocycles. The number of rotatable bonds is 5. The van der Waals surface area contributed by atoms with Crippen LogP contribution in [0, 0.1) is 24.5 Å². The Bertz CT molecular complexity index is 1430. The van der Waals surface area contributed by atoms with Crippen molar-refractivity contribution in [2.45, 2.75) is 32.2 Å². The van der Waals surface area contributed by atoms with Gasteiger partial charge in [-0.1, -0.05) is 30.7 Å². The number of nitrogens with one attached hydrogen (secondary N) is 1. The first-order valence-electron chi connectivity index (χ1n) is 11.3. The van der Waals surface area contributed by atoms with Gasteiger partial charge in [-0.25, -0.2) is 8.78 Å². The summed E-state index contributed by atoms with van der Waals surface area (Å²) in [4.78, 5) is 31.1. The summed E-state index contributed by atoms with van der Waals surface area (Å²) in [5, 5.41) is 3.21. The number of carbonyl (C=O) groups is 1. The number of fused-ring (bicyclic) bond motifs is 1. The zero-order valence-electron chi connectivity index (χ0n) is 18.6. The highest BCUT2D eigenvalue weighted by Crippen LogP contribution is 2.38. The molecule has 2 heterocycles. The van der Waals surface area contributed by atoms with Gasteiger partial charge in [-0.3, -0.25) is 19.1 Å². The van der Waals surface area contributed by atoms with Crippen LogP contribution in [0.5, 0.6) is 0 Å². The highest BCUT2D eigenvalue weighted by Gasteiger charge is 2.31. The Morgan fingerprint density at radius 1 is 1.09 bits per heavy atom. The summed E-state index contributed by atoms with van der Waals surface area (Å²) in [6.07, 6.45) is 6.04. The van der Waals surface area contributed by atoms with Gasteiger partial charge in [0.15, 0.2) is 0 Å². The van der Waals surface area contributed by atoms with Crippen LogP contribution in [0.15, 0.2) is 71.8 Å². The molecule has 1 N–H and O–H groups in total. The molecule has 34 heavy (non-hydrogen) atoms. The van der Waals surface area contributed by atoms with E-state index in [0.717, 1.165) is 24.8 Å². The lowest BCUT2D eigenvalue weighted by Crippen LogP contribution is -2.37. The lowest BCUT2D eigenvalue weighted by atomic mass is 9.77. The standard InChI is InChI=1S/C27H23F2N3O2/c1-16-23(26(33)31-25(17-5-2-6-17)18-10-12-19(28)13-11-18)21-8-3-9-22(29)24(21)27(34)32(16)20-7-4-14-30-15-20/h3-4,7-15,17,25H,2,5-6H2,1H3,(H,31,33)/t25-/m0/s1. The molecule has 0 radical (unpaired) electrons. The van der Waals surface area contributed by atoms with Crippen LogP contribution in [-0.2, 0) is 0 Å². The molecule has 0 saturated heterocycles. The SMILES string of the molecule is Cc1c(C(=O)N[C@H](c2ccc(F)cc2)C2CCC2)c2cccc(F)c2c(=O)n1-c1cccnc1. The number of hydrogen-bond acceptors (Lipinski definition) is 3. The number of nitrogens with zero attached hydrogens (tertiary/aromatic N) is 2. The maximum Gasteiger partial charge on any atom is 0.266 e. The zero-order chi connectivity index (χ0) is 23.8. The molecule has 1 amide bonds. The van der Waals surface area contributed by atoms with Crippen molar-refractivity contribution < 1.29 is 13.6 Å². The van der Waals surface area contributed by atoms with E-state index in [-0.39, 0.29) is 34.1 Å². The summed E-state index contributed by atoms with van der Waals surface area (Å²) in [5.41, 5.74) is 1.32. The molecule has 1 aliphatic carbocycles. The van der Waals surface area contributed by atoms with Crippen molar-refractivity contribution in [1.29, 1.82) is 0 Å². The maximum atomic E-state index is 14.9. The molecule has 5 nitrogen and oxygen atoms in total. The average molecular weight is 459 g/mol. The highest BCUT2D eigenvalue weighted by atomic mass is 19.1. The molecule has 0 spiro atoms. The number of aromatic nitrogens is 2. The van der Waals surface area contributed by atoms with Crippen LogP contribution in [0.3, 0.4) is 0 Å². The molecule has 4 aromatic rings. The molecule has 7 heteroatoms. The van der Waals surface area contributed by atoms with Crippen molar-refractivity contribution in [3.63, 3.8) is 0 Å². The molecule has 1 fully saturated rings. The van der Waals surface area contributed by atoms with E-state index in [9.17, 15) is 18.4 Å². The van der Waals surface area contributed by atoms with E-state index in [1.54, 1.807) is 43.5 Å². The second-order valence-electron chi connectivity index (χ2n) is 8.67. The minimum atomic E-state index is -0.691. The van der Waals surface area contributed by atoms with Gasteiger partial charge in [0.25, 0.3) is 11.5 Å². The minimum Gasteiger partial charge on any atom is -0.345 e. The molecule has 0 aliphatic heterocycles. The largest absolute Gasteiger partial charge is 0.345 e. The van der Waals surface area contributed by atoms with Crippen molar-refractivity contribution >= 4 is 16.7 Å². The molecule has 1 aliphatic rings. The van der Waals surface area contributed by atoms with Crippen LogP contribution in [0.25, 0.3) is 16.5 Å². The molecule has 0 unspecified atom stereocenters. The number of hydrogen-bond donors (Lipinski definition) is 1. The predicted molar refractivity (Wildman–Crippen MR) is 126 cm³/mol. The van der Waals surface area contributed by atoms with Crippen LogP contribution in [0.2, 0.25) is 0 Å². The van der Waals surface area contributed by atoms with Gasteiger partial charge in [0.2, 0.25) is 0 Å². The Balaban J connectivity index is 1.66. The maximum absolute atomic E-state index is 14.9. The third-order valence-electron chi connectivity index (χ3n) is 6.67. The molecule has 172 valence electrons. The Hall–Kier alpha value is -3.87. The quantitative estimate of drug-likeness (QED) is 0.444. The van der Waals surface area contributed by atoms with E-state index in [1.807, 2.05) is 0 Å². The summed E-state index contributed by atoms with van der Waals surface area (Å²) in [7, 11) is 0. The van der Waals surface area contributed by atoms with Crippen LogP contribution in [0.1, 0.15) is 46.9 Å². The molecular weight excluding hydrogens is 436 g/mol. The third-order valence-corrected chi connectivity index (χ3v) is 6.67. The number of pyridine rings is 2. The summed E-state index contributed by atoms with van der Waals surface area (Å²) in [6.45, 7) is 1.67. The second-order valence-corrected chi connectivity index (χ2v) is 8.67. The van der Waals surface area contributed by atoms with Crippen molar-refractivity contribution in [1.82, 2.24) is 14.9 Å². The Kier molecular flexibility index (Phi) is 5.69. The first kappa shape index (κ1) is 21.9. The Morgan fingerprint density at radius 3 is 2.50 bits per heavy atom. The van der Waals surface area contributed by atoms with Crippen molar-refractivity contribution in [3.8, 4) is 5.69 Å². The fraction of sp³-hybridized carbons (Fsp3) is 0.222. The summed E-state index contributed by atoms with van der Waals surface area (Å²) in [5.74, 6) is -1.22. The minimum absolute atomic E-state index is 0.149. The van der Waals surface area contributed by atoms with Crippen molar-refractivity contribution in [2.75, 3.05) is 0 Å². The van der Waals surface area contributed by atoms with Crippen LogP contribution in [0.4, 0.5) is 8.78 Å². The highest BCUT2D eigenvalue weighted by molar-refractivity contribution is 6.08. The van der Waals surface area contributed by atoms with Gasteiger partial charge in [-0.2, -0.15) is 0 Å². The fourth-order valence-corrected chi connectivity index (χ4v) is 4.73. The summed E-state index contributed by atoms with van der Waals surface area (Å²) in [6, 6.07) is 13.5. The monoisotopic (exact) mass is 459 g/mol. The van der Waals surface area contributed by atoms with Crippen LogP contribution < -0.4 is 10.9 Å². The van der Waals surface area contributed by atoms with E-state index in [0.29, 0.717) is 11.4 Å². The third kappa shape index (κ3) is 3.77. The lowest BCUT2D eigenvalue weighted by molar-refractivity contribution is 0.0901. The Labute approximate surface area is 195 Å². The van der Waals surface area contributed by atoms with E-state index >= 15 is 0 Å². The molecule has 0 bridgehead atoms. The number of benzene rings is 2. The van der Waals surface area contributed by atoms with E-state index < -0.39 is 17.3 Å². The molecular formula is C27H23F2N3O2. The number of halogens is 2. The second kappa shape index (κ2) is 8.82. The van der Waals surface area contributed by atoms with Crippen LogP contribution in [-0.4, -0.2) is 15.5 Å². The van der Waals surface area contributed by atoms with Gasteiger partial charge in [-0.15, -0.1) is 0 Å². The Morgan fingerprint density at radius 2 is 1.85 bits per heavy atom. The molecule has 2 aromatic carbocycles. The first-order chi connectivity index (χ1) is 16.5. The average Bonchev–Trinajstić information content (AvgIpc) is 2.79. The topological polar surface area (TPSA) is 64.0 Å². The molecule has 5 rings (SSSR count). The molecule has 2 aromatic heterocycles. The van der Waals surface area contributed by atoms with E-state index in [1.165, 1.54) is 35.0 Å². The number of amides is 1. The van der Waals surface area contributed by atoms with Crippen LogP contribution >= 0.6 is 0 Å². The lowest BCUT2D eigenvalue weighted by Gasteiger charge is -2.35. The van der Waals surface area contributed by atoms with Gasteiger partial charge in [0.05, 0.1) is 28.9 Å². The first-order valence-corrected chi connectivity index (χ1v) is 11.3. The van der Waals surface area contributed by atoms with Gasteiger partial charge in [0.1, 0.15) is 11.6 Å². The smallest absolute Gasteiger partial charge is 0.266 e. The summed E-state index contributed by atoms with van der Waals surface area (Å²) >= 11 is 0. The molecule has 1 atom stereocenters. The van der Waals surface area contributed by atoms with Crippen molar-refractivity contribution in [3.05, 3.63) is 106 Å². The fourth-order valence-electron chi connectivity index (χ4n) is 4.73. The van der Waals surface area contributed by atoms with Gasteiger partial charge < -0.3 is 5.32 Å². The number of carbonyl (C=O) groups excluding carboxylic acids is 1. The van der Waals surface area contributed by atoms with Gasteiger partial charge in [0, 0.05) is 17.3 Å². The van der Waals surface area contributed by atoms with E-state index in [2.05, 4.69) is 10.3 Å². The van der Waals surface area contributed by atoms with E-state index in [4.69, 9.17) is 0 Å². The van der Waals surface area contributed by atoms with Gasteiger partial charge in [-0.05, 0) is 61.6 Å². The summed E-state index contributed by atoms with van der Waals surface area (Å²) < 4.78 is 29.7. The van der Waals surface area contributed by atoms with Crippen molar-refractivity contribution in [2.24, 2.45) is 5.92 Å². The zero-order valence-corrected chi connectivity index (χ0v) is 18.6.